The average Bonchev–Trinajstić information content (AvgIpc) is 2.55. The van der Waals surface area contributed by atoms with Crippen LogP contribution in [0.2, 0.25) is 5.02 Å². The van der Waals surface area contributed by atoms with Crippen molar-refractivity contribution in [2.45, 2.75) is 0 Å². The molecular formula is C15H9ClO3. The van der Waals surface area contributed by atoms with Crippen LogP contribution in [-0.2, 0) is 4.79 Å². The minimum absolute atomic E-state index is 0.191. The minimum atomic E-state index is -0.996. The van der Waals surface area contributed by atoms with E-state index in [1.807, 2.05) is 0 Å². The van der Waals surface area contributed by atoms with Gasteiger partial charge < -0.3 is 9.84 Å². The topological polar surface area (TPSA) is 46.5 Å². The number of carboxylic acids is 1. The van der Waals surface area contributed by atoms with E-state index in [1.165, 1.54) is 0 Å². The molecule has 2 aromatic carbocycles. The quantitative estimate of drug-likeness (QED) is 0.851. The van der Waals surface area contributed by atoms with Crippen molar-refractivity contribution in [3.8, 4) is 11.5 Å². The predicted molar refractivity (Wildman–Crippen MR) is 73.5 cm³/mol. The number of benzene rings is 2. The van der Waals surface area contributed by atoms with Gasteiger partial charge in [-0.15, -0.1) is 0 Å². The van der Waals surface area contributed by atoms with Crippen molar-refractivity contribution < 1.29 is 14.6 Å². The summed E-state index contributed by atoms with van der Waals surface area (Å²) in [5.41, 5.74) is 1.40. The molecule has 1 aliphatic rings. The molecular weight excluding hydrogens is 264 g/mol. The Hall–Kier alpha value is -2.26. The Kier molecular flexibility index (Phi) is 2.76. The molecule has 0 bridgehead atoms. The van der Waals surface area contributed by atoms with Crippen molar-refractivity contribution in [2.24, 2.45) is 0 Å². The molecule has 0 saturated carbocycles. The second-order valence-electron chi connectivity index (χ2n) is 4.14. The summed E-state index contributed by atoms with van der Waals surface area (Å²) in [5, 5.41) is 9.88. The van der Waals surface area contributed by atoms with E-state index >= 15 is 0 Å². The maximum atomic E-state index is 11.4. The average molecular weight is 273 g/mol. The van der Waals surface area contributed by atoms with E-state index in [4.69, 9.17) is 16.3 Å². The van der Waals surface area contributed by atoms with Gasteiger partial charge in [0.05, 0.1) is 5.57 Å². The molecule has 2 aromatic rings. The first-order chi connectivity index (χ1) is 9.15. The predicted octanol–water partition coefficient (Wildman–Crippen LogP) is 4.07. The number of carbonyl (C=O) groups is 1. The largest absolute Gasteiger partial charge is 0.478 e. The van der Waals surface area contributed by atoms with Gasteiger partial charge in [-0.05, 0) is 30.3 Å². The first-order valence-corrected chi connectivity index (χ1v) is 6.05. The summed E-state index contributed by atoms with van der Waals surface area (Å²) in [6.45, 7) is 0. The van der Waals surface area contributed by atoms with E-state index in [2.05, 4.69) is 0 Å². The van der Waals surface area contributed by atoms with Gasteiger partial charge in [-0.3, -0.25) is 0 Å². The highest BCUT2D eigenvalue weighted by Gasteiger charge is 2.20. The molecule has 19 heavy (non-hydrogen) atoms. The van der Waals surface area contributed by atoms with Crippen molar-refractivity contribution in [3.05, 3.63) is 58.6 Å². The van der Waals surface area contributed by atoms with Gasteiger partial charge in [0.1, 0.15) is 11.5 Å². The van der Waals surface area contributed by atoms with Gasteiger partial charge in [-0.1, -0.05) is 29.8 Å². The number of hydrogen-bond donors (Lipinski definition) is 1. The van der Waals surface area contributed by atoms with Crippen molar-refractivity contribution >= 4 is 29.2 Å². The highest BCUT2D eigenvalue weighted by atomic mass is 35.5. The van der Waals surface area contributed by atoms with Gasteiger partial charge in [-0.2, -0.15) is 0 Å². The number of carboxylic acid groups (broad SMARTS) is 1. The fourth-order valence-electron chi connectivity index (χ4n) is 2.03. The number of fused-ring (bicyclic) bond motifs is 2. The summed E-state index contributed by atoms with van der Waals surface area (Å²) in [7, 11) is 0. The summed E-state index contributed by atoms with van der Waals surface area (Å²) in [5.74, 6) is 0.120. The van der Waals surface area contributed by atoms with Crippen LogP contribution in [0.4, 0.5) is 0 Å². The summed E-state index contributed by atoms with van der Waals surface area (Å²) < 4.78 is 5.76. The third-order valence-corrected chi connectivity index (χ3v) is 3.13. The van der Waals surface area contributed by atoms with Crippen LogP contribution in [0.5, 0.6) is 11.5 Å². The molecule has 4 heteroatoms. The Morgan fingerprint density at radius 2 is 1.89 bits per heavy atom. The van der Waals surface area contributed by atoms with Crippen molar-refractivity contribution in [2.75, 3.05) is 0 Å². The highest BCUT2D eigenvalue weighted by Crippen LogP contribution is 2.38. The maximum Gasteiger partial charge on any atom is 0.336 e. The molecule has 1 heterocycles. The van der Waals surface area contributed by atoms with Gasteiger partial charge >= 0.3 is 5.97 Å². The second-order valence-corrected chi connectivity index (χ2v) is 4.58. The summed E-state index contributed by atoms with van der Waals surface area (Å²) in [4.78, 5) is 11.4. The molecule has 0 saturated heterocycles. The molecule has 3 rings (SSSR count). The first kappa shape index (κ1) is 11.8. The van der Waals surface area contributed by atoms with E-state index in [0.717, 1.165) is 0 Å². The fraction of sp³-hybridized carbons (Fsp3) is 0. The number of hydrogen-bond acceptors (Lipinski definition) is 2. The Balaban J connectivity index is 2.29. The van der Waals surface area contributed by atoms with Crippen molar-refractivity contribution in [1.29, 1.82) is 0 Å². The van der Waals surface area contributed by atoms with Crippen molar-refractivity contribution in [3.63, 3.8) is 0 Å². The Morgan fingerprint density at radius 1 is 1.11 bits per heavy atom. The first-order valence-electron chi connectivity index (χ1n) is 5.67. The number of aliphatic carboxylic acids is 1. The van der Waals surface area contributed by atoms with Crippen LogP contribution in [0, 0.1) is 0 Å². The number of rotatable bonds is 1. The lowest BCUT2D eigenvalue weighted by molar-refractivity contribution is -0.130. The second kappa shape index (κ2) is 4.44. The van der Waals surface area contributed by atoms with Crippen LogP contribution in [0.15, 0.2) is 42.5 Å². The molecule has 0 aromatic heterocycles. The lowest BCUT2D eigenvalue weighted by Crippen LogP contribution is -1.99. The summed E-state index contributed by atoms with van der Waals surface area (Å²) in [6.07, 6.45) is 1.58. The smallest absolute Gasteiger partial charge is 0.336 e. The molecule has 0 atom stereocenters. The molecule has 0 radical (unpaired) electrons. The van der Waals surface area contributed by atoms with Gasteiger partial charge in [0.25, 0.3) is 0 Å². The number of halogens is 1. The van der Waals surface area contributed by atoms with Crippen LogP contribution >= 0.6 is 11.6 Å². The molecule has 0 amide bonds. The highest BCUT2D eigenvalue weighted by molar-refractivity contribution is 6.31. The maximum absolute atomic E-state index is 11.4. The Morgan fingerprint density at radius 3 is 2.68 bits per heavy atom. The monoisotopic (exact) mass is 272 g/mol. The van der Waals surface area contributed by atoms with E-state index in [-0.39, 0.29) is 5.57 Å². The summed E-state index contributed by atoms with van der Waals surface area (Å²) in [6, 6.07) is 12.2. The molecule has 0 aliphatic carbocycles. The van der Waals surface area contributed by atoms with Crippen LogP contribution < -0.4 is 4.74 Å². The lowest BCUT2D eigenvalue weighted by Gasteiger charge is -2.09. The molecule has 1 aliphatic heterocycles. The van der Waals surface area contributed by atoms with Crippen molar-refractivity contribution in [1.82, 2.24) is 0 Å². The lowest BCUT2D eigenvalue weighted by atomic mass is 10.0. The standard InChI is InChI=1S/C15H9ClO3/c16-10-5-6-13-9(7-10)8-12(15(17)18)11-3-1-2-4-14(11)19-13/h1-8H,(H,17,18). The fourth-order valence-corrected chi connectivity index (χ4v) is 2.21. The zero-order valence-electron chi connectivity index (χ0n) is 9.76. The van der Waals surface area contributed by atoms with Crippen LogP contribution in [-0.4, -0.2) is 11.1 Å². The number of ether oxygens (including phenoxy) is 1. The Labute approximate surface area is 114 Å². The third kappa shape index (κ3) is 2.09. The van der Waals surface area contributed by atoms with E-state index in [9.17, 15) is 9.90 Å². The van der Waals surface area contributed by atoms with Crippen LogP contribution in [0.1, 0.15) is 11.1 Å². The molecule has 0 unspecified atom stereocenters. The van der Waals surface area contributed by atoms with Gasteiger partial charge in [0.2, 0.25) is 0 Å². The molecule has 1 N–H and O–H groups in total. The normalized spacial score (nSPS) is 12.6. The van der Waals surface area contributed by atoms with Gasteiger partial charge in [0.15, 0.2) is 0 Å². The van der Waals surface area contributed by atoms with E-state index in [1.54, 1.807) is 48.5 Å². The number of para-hydroxylation sites is 1. The molecule has 94 valence electrons. The summed E-state index contributed by atoms with van der Waals surface area (Å²) >= 11 is 5.94. The van der Waals surface area contributed by atoms with Crippen LogP contribution in [0.25, 0.3) is 11.6 Å². The van der Waals surface area contributed by atoms with Gasteiger partial charge in [-0.25, -0.2) is 4.79 Å². The zero-order chi connectivity index (χ0) is 13.4. The Bertz CT molecular complexity index is 704. The van der Waals surface area contributed by atoms with E-state index < -0.39 is 5.97 Å². The molecule has 0 spiro atoms. The minimum Gasteiger partial charge on any atom is -0.478 e. The zero-order valence-corrected chi connectivity index (χ0v) is 10.5. The third-order valence-electron chi connectivity index (χ3n) is 2.90. The SMILES string of the molecule is O=C(O)C1=Cc2cc(Cl)ccc2Oc2ccccc21. The van der Waals surface area contributed by atoms with Gasteiger partial charge in [0, 0.05) is 16.1 Å². The van der Waals surface area contributed by atoms with E-state index in [0.29, 0.717) is 27.6 Å². The van der Waals surface area contributed by atoms with Crippen LogP contribution in [0.3, 0.4) is 0 Å². The molecule has 0 fully saturated rings. The molecule has 3 nitrogen and oxygen atoms in total.